The number of rotatable bonds is 8. The summed E-state index contributed by atoms with van der Waals surface area (Å²) in [5, 5.41) is 10.8. The number of carbonyl (C=O) groups is 1. The van der Waals surface area contributed by atoms with Crippen molar-refractivity contribution >= 4 is 11.4 Å². The lowest BCUT2D eigenvalue weighted by Crippen LogP contribution is -2.21. The number of hydrogen-bond acceptors (Lipinski definition) is 3. The third kappa shape index (κ3) is 6.54. The predicted molar refractivity (Wildman–Crippen MR) is 129 cm³/mol. The van der Waals surface area contributed by atoms with Gasteiger partial charge in [-0.1, -0.05) is 75.7 Å². The first-order chi connectivity index (χ1) is 15.0. The topological polar surface area (TPSA) is 46.5 Å². The van der Waals surface area contributed by atoms with Gasteiger partial charge in [0.25, 0.3) is 0 Å². The quantitative estimate of drug-likeness (QED) is 0.466. The fraction of sp³-hybridized carbons (Fsp3) is 0.464. The van der Waals surface area contributed by atoms with Crippen LogP contribution >= 0.6 is 0 Å². The van der Waals surface area contributed by atoms with Gasteiger partial charge in [-0.2, -0.15) is 0 Å². The normalized spacial score (nSPS) is 16.2. The number of aliphatic hydroxyl groups excluding tert-OH is 1. The molecule has 168 valence electrons. The fourth-order valence-electron chi connectivity index (χ4n) is 4.30. The van der Waals surface area contributed by atoms with E-state index in [0.717, 1.165) is 41.5 Å². The molecule has 0 amide bonds. The zero-order valence-corrected chi connectivity index (χ0v) is 19.8. The molecule has 2 aromatic rings. The Morgan fingerprint density at radius 3 is 2.16 bits per heavy atom. The fourth-order valence-corrected chi connectivity index (χ4v) is 4.30. The monoisotopic (exact) mass is 422 g/mol. The van der Waals surface area contributed by atoms with Crippen molar-refractivity contribution in [2.75, 3.05) is 6.61 Å². The molecule has 0 radical (unpaired) electrons. The van der Waals surface area contributed by atoms with Crippen LogP contribution in [0, 0.1) is 12.8 Å². The van der Waals surface area contributed by atoms with Gasteiger partial charge in [-0.3, -0.25) is 4.79 Å². The van der Waals surface area contributed by atoms with E-state index in [2.05, 4.69) is 32.9 Å². The summed E-state index contributed by atoms with van der Waals surface area (Å²) < 4.78 is 5.78. The minimum absolute atomic E-state index is 0.0649. The molecular weight excluding hydrogens is 384 g/mol. The van der Waals surface area contributed by atoms with E-state index in [9.17, 15) is 9.90 Å². The Morgan fingerprint density at radius 1 is 1.00 bits per heavy atom. The summed E-state index contributed by atoms with van der Waals surface area (Å²) in [7, 11) is 0. The number of allylic oxidation sites excluding steroid dienone is 2. The summed E-state index contributed by atoms with van der Waals surface area (Å²) >= 11 is 0. The van der Waals surface area contributed by atoms with E-state index in [4.69, 9.17) is 4.74 Å². The molecule has 31 heavy (non-hydrogen) atoms. The highest BCUT2D eigenvalue weighted by atomic mass is 16.5. The van der Waals surface area contributed by atoms with Gasteiger partial charge in [0.1, 0.15) is 5.76 Å². The van der Waals surface area contributed by atoms with E-state index in [-0.39, 0.29) is 17.5 Å². The maximum Gasteiger partial charge on any atom is 0.167 e. The van der Waals surface area contributed by atoms with Crippen molar-refractivity contribution in [3.8, 4) is 0 Å². The molecule has 3 heteroatoms. The van der Waals surface area contributed by atoms with Crippen LogP contribution in [0.5, 0.6) is 0 Å². The van der Waals surface area contributed by atoms with Crippen LogP contribution in [0.25, 0.3) is 5.57 Å². The van der Waals surface area contributed by atoms with Crippen LogP contribution in [0.15, 0.2) is 48.2 Å². The number of ether oxygens (including phenoxy) is 1. The second kappa shape index (κ2) is 12.5. The first kappa shape index (κ1) is 24.9. The number of carbonyl (C=O) groups excluding carboxylic acids is 1. The maximum absolute atomic E-state index is 13.0. The molecule has 0 fully saturated rings. The molecule has 1 N–H and O–H groups in total. The molecule has 0 aromatic heterocycles. The largest absolute Gasteiger partial charge is 0.512 e. The Labute approximate surface area is 188 Å². The summed E-state index contributed by atoms with van der Waals surface area (Å²) in [5.74, 6) is 0.459. The average Bonchev–Trinajstić information content (AvgIpc) is 2.78. The molecule has 0 spiro atoms. The van der Waals surface area contributed by atoms with Gasteiger partial charge in [0.2, 0.25) is 0 Å². The van der Waals surface area contributed by atoms with Gasteiger partial charge in [-0.15, -0.1) is 0 Å². The third-order valence-corrected chi connectivity index (χ3v) is 5.76. The molecule has 1 atom stereocenters. The van der Waals surface area contributed by atoms with Crippen LogP contribution in [-0.4, -0.2) is 17.5 Å². The molecule has 1 aliphatic rings. The molecule has 1 aliphatic carbocycles. The second-order valence-electron chi connectivity index (χ2n) is 8.01. The highest BCUT2D eigenvalue weighted by molar-refractivity contribution is 6.22. The Bertz CT molecular complexity index is 855. The SMILES string of the molecule is CC.CCc1cc(C)cc(CC)c1C1=C(O)CC(CCOCc2ccccc2)CC1=O. The predicted octanol–water partition coefficient (Wildman–Crippen LogP) is 7.00. The Kier molecular flexibility index (Phi) is 10.00. The first-order valence-electron chi connectivity index (χ1n) is 11.7. The molecule has 0 saturated carbocycles. The van der Waals surface area contributed by atoms with Gasteiger partial charge in [0.15, 0.2) is 5.78 Å². The Morgan fingerprint density at radius 2 is 1.61 bits per heavy atom. The van der Waals surface area contributed by atoms with Crippen LogP contribution in [-0.2, 0) is 29.0 Å². The second-order valence-corrected chi connectivity index (χ2v) is 8.01. The van der Waals surface area contributed by atoms with Crippen LogP contribution in [0.2, 0.25) is 0 Å². The molecule has 0 aliphatic heterocycles. The van der Waals surface area contributed by atoms with Gasteiger partial charge >= 0.3 is 0 Å². The zero-order chi connectivity index (χ0) is 22.8. The van der Waals surface area contributed by atoms with E-state index in [1.807, 2.05) is 44.2 Å². The molecule has 0 saturated heterocycles. The lowest BCUT2D eigenvalue weighted by Gasteiger charge is -2.26. The van der Waals surface area contributed by atoms with Crippen LogP contribution in [0.3, 0.4) is 0 Å². The number of ketones is 1. The molecule has 0 bridgehead atoms. The summed E-state index contributed by atoms with van der Waals surface area (Å²) in [5.41, 5.74) is 6.19. The van der Waals surface area contributed by atoms with Gasteiger partial charge < -0.3 is 9.84 Å². The maximum atomic E-state index is 13.0. The zero-order valence-electron chi connectivity index (χ0n) is 19.8. The van der Waals surface area contributed by atoms with Crippen molar-refractivity contribution in [2.24, 2.45) is 5.92 Å². The average molecular weight is 423 g/mol. The van der Waals surface area contributed by atoms with Gasteiger partial charge in [-0.25, -0.2) is 0 Å². The molecule has 2 aromatic carbocycles. The van der Waals surface area contributed by atoms with Crippen molar-refractivity contribution in [2.45, 2.75) is 73.3 Å². The van der Waals surface area contributed by atoms with Gasteiger partial charge in [0.05, 0.1) is 12.2 Å². The van der Waals surface area contributed by atoms with E-state index in [1.165, 1.54) is 5.56 Å². The minimum Gasteiger partial charge on any atom is -0.512 e. The molecule has 1 unspecified atom stereocenters. The Hall–Kier alpha value is -2.39. The molecular formula is C28H38O3. The standard InChI is InChI=1S/C26H32O3.C2H6/c1-4-21-13-18(3)14-22(5-2)25(21)26-23(27)15-20(16-24(26)28)11-12-29-17-19-9-7-6-8-10-19;1-2/h6-10,13-14,20,27H,4-5,11-12,15-17H2,1-3H3;1-2H3. The van der Waals surface area contributed by atoms with Crippen molar-refractivity contribution < 1.29 is 14.6 Å². The highest BCUT2D eigenvalue weighted by Crippen LogP contribution is 2.37. The van der Waals surface area contributed by atoms with Crippen molar-refractivity contribution in [3.05, 3.63) is 76.0 Å². The summed E-state index contributed by atoms with van der Waals surface area (Å²) in [6.45, 7) is 11.5. The third-order valence-electron chi connectivity index (χ3n) is 5.76. The molecule has 0 heterocycles. The summed E-state index contributed by atoms with van der Waals surface area (Å²) in [4.78, 5) is 13.0. The number of benzene rings is 2. The van der Waals surface area contributed by atoms with E-state index in [0.29, 0.717) is 31.6 Å². The lowest BCUT2D eigenvalue weighted by molar-refractivity contribution is -0.115. The Balaban J connectivity index is 0.00000166. The van der Waals surface area contributed by atoms with E-state index < -0.39 is 0 Å². The lowest BCUT2D eigenvalue weighted by atomic mass is 9.79. The van der Waals surface area contributed by atoms with Gasteiger partial charge in [-0.05, 0) is 54.4 Å². The van der Waals surface area contributed by atoms with Crippen LogP contribution in [0.4, 0.5) is 0 Å². The van der Waals surface area contributed by atoms with E-state index in [1.54, 1.807) is 0 Å². The van der Waals surface area contributed by atoms with Crippen LogP contribution in [0.1, 0.15) is 74.8 Å². The van der Waals surface area contributed by atoms with Crippen molar-refractivity contribution in [3.63, 3.8) is 0 Å². The van der Waals surface area contributed by atoms with Crippen molar-refractivity contribution in [1.82, 2.24) is 0 Å². The molecule has 3 nitrogen and oxygen atoms in total. The van der Waals surface area contributed by atoms with Gasteiger partial charge in [0, 0.05) is 19.4 Å². The van der Waals surface area contributed by atoms with Crippen LogP contribution < -0.4 is 0 Å². The molecule has 3 rings (SSSR count). The highest BCUT2D eigenvalue weighted by Gasteiger charge is 2.30. The minimum atomic E-state index is 0.0649. The van der Waals surface area contributed by atoms with Crippen molar-refractivity contribution in [1.29, 1.82) is 0 Å². The number of hydrogen-bond donors (Lipinski definition) is 1. The number of aryl methyl sites for hydroxylation is 3. The smallest absolute Gasteiger partial charge is 0.167 e. The first-order valence-corrected chi connectivity index (χ1v) is 11.7. The summed E-state index contributed by atoms with van der Waals surface area (Å²) in [6, 6.07) is 14.4. The summed E-state index contributed by atoms with van der Waals surface area (Å²) in [6.07, 6.45) is 3.52. The van der Waals surface area contributed by atoms with E-state index >= 15 is 0 Å². The number of aliphatic hydroxyl groups is 1. The number of Topliss-reactive ketones (excluding diaryl/α,β-unsaturated/α-hetero) is 1.